The van der Waals surface area contributed by atoms with Gasteiger partial charge in [-0.05, 0) is 24.3 Å². The fourth-order valence-corrected chi connectivity index (χ4v) is 2.12. The first-order valence-electron chi connectivity index (χ1n) is 6.48. The van der Waals surface area contributed by atoms with Crippen LogP contribution in [-0.4, -0.2) is 48.3 Å². The van der Waals surface area contributed by atoms with Crippen molar-refractivity contribution in [2.45, 2.75) is 19.1 Å². The van der Waals surface area contributed by atoms with Crippen LogP contribution < -0.4 is 4.90 Å². The van der Waals surface area contributed by atoms with Gasteiger partial charge >= 0.3 is 11.9 Å². The fraction of sp³-hybridized carbons (Fsp3) is 0.357. The van der Waals surface area contributed by atoms with E-state index in [1.165, 1.54) is 29.2 Å². The number of halogens is 1. The lowest BCUT2D eigenvalue weighted by Crippen LogP contribution is -2.55. The van der Waals surface area contributed by atoms with E-state index in [4.69, 9.17) is 9.84 Å². The van der Waals surface area contributed by atoms with Gasteiger partial charge in [0.1, 0.15) is 5.82 Å². The van der Waals surface area contributed by atoms with Crippen LogP contribution in [0.4, 0.5) is 10.1 Å². The highest BCUT2D eigenvalue weighted by Gasteiger charge is 2.42. The molecule has 0 aliphatic carbocycles. The Morgan fingerprint density at radius 3 is 2.59 bits per heavy atom. The van der Waals surface area contributed by atoms with Crippen LogP contribution in [0.1, 0.15) is 6.92 Å². The molecule has 1 aromatic carbocycles. The molecule has 1 aliphatic rings. The topological polar surface area (TPSA) is 93.1 Å². The van der Waals surface area contributed by atoms with Crippen LogP contribution in [0.15, 0.2) is 24.3 Å². The third-order valence-electron chi connectivity index (χ3n) is 3.07. The molecule has 7 nitrogen and oxygen atoms in total. The van der Waals surface area contributed by atoms with E-state index in [-0.39, 0.29) is 13.2 Å². The second-order valence-electron chi connectivity index (χ2n) is 4.63. The Morgan fingerprint density at radius 2 is 2.05 bits per heavy atom. The van der Waals surface area contributed by atoms with E-state index in [0.717, 1.165) is 6.92 Å². The van der Waals surface area contributed by atoms with Gasteiger partial charge in [0.05, 0.1) is 6.61 Å². The van der Waals surface area contributed by atoms with Crippen LogP contribution in [0.3, 0.4) is 0 Å². The number of rotatable bonds is 4. The molecule has 2 unspecified atom stereocenters. The molecule has 22 heavy (non-hydrogen) atoms. The van der Waals surface area contributed by atoms with Gasteiger partial charge in [-0.2, -0.15) is 0 Å². The van der Waals surface area contributed by atoms with E-state index in [2.05, 4.69) is 4.74 Å². The number of carboxylic acid groups (broad SMARTS) is 1. The monoisotopic (exact) mass is 311 g/mol. The summed E-state index contributed by atoms with van der Waals surface area (Å²) in [4.78, 5) is 35.8. The molecule has 8 heteroatoms. The number of nitrogens with zero attached hydrogens (tertiary/aromatic N) is 1. The molecule has 0 aromatic heterocycles. The summed E-state index contributed by atoms with van der Waals surface area (Å²) in [6, 6.07) is 5.18. The molecule has 1 fully saturated rings. The number of benzene rings is 1. The number of morpholine rings is 1. The van der Waals surface area contributed by atoms with Crippen molar-refractivity contribution in [3.8, 4) is 0 Å². The first kappa shape index (κ1) is 15.9. The van der Waals surface area contributed by atoms with Crippen LogP contribution in [0.25, 0.3) is 0 Å². The van der Waals surface area contributed by atoms with Gasteiger partial charge in [0.2, 0.25) is 6.10 Å². The quantitative estimate of drug-likeness (QED) is 0.817. The van der Waals surface area contributed by atoms with Crippen molar-refractivity contribution < 1.29 is 33.4 Å². The summed E-state index contributed by atoms with van der Waals surface area (Å²) in [5, 5.41) is 9.11. The number of esters is 1. The van der Waals surface area contributed by atoms with Crippen LogP contribution in [-0.2, 0) is 23.9 Å². The molecule has 1 N–H and O–H groups in total. The third-order valence-corrected chi connectivity index (χ3v) is 3.07. The number of hydrogen-bond acceptors (Lipinski definition) is 5. The van der Waals surface area contributed by atoms with Gasteiger partial charge < -0.3 is 19.5 Å². The van der Waals surface area contributed by atoms with Crippen LogP contribution >= 0.6 is 0 Å². The fourth-order valence-electron chi connectivity index (χ4n) is 2.12. The molecule has 1 saturated heterocycles. The maximum Gasteiger partial charge on any atom is 0.348 e. The predicted molar refractivity (Wildman–Crippen MR) is 71.7 cm³/mol. The average Bonchev–Trinajstić information content (AvgIpc) is 2.46. The van der Waals surface area contributed by atoms with Crippen LogP contribution in [0.5, 0.6) is 0 Å². The van der Waals surface area contributed by atoms with Gasteiger partial charge in [-0.15, -0.1) is 0 Å². The van der Waals surface area contributed by atoms with E-state index in [9.17, 15) is 18.8 Å². The maximum absolute atomic E-state index is 12.9. The first-order chi connectivity index (χ1) is 10.4. The number of carboxylic acids is 1. The molecule has 0 radical (unpaired) electrons. The van der Waals surface area contributed by atoms with Gasteiger partial charge in [0.25, 0.3) is 5.91 Å². The normalized spacial score (nSPS) is 19.6. The molecular weight excluding hydrogens is 297 g/mol. The first-order valence-corrected chi connectivity index (χ1v) is 6.48. The Labute approximate surface area is 125 Å². The zero-order valence-electron chi connectivity index (χ0n) is 11.7. The standard InChI is InChI=1S/C14H14FNO6/c1-8(17)22-12(14(19)20)11-13(18)16(6-7-21-11)10-4-2-9(15)3-5-10/h2-5,11-12H,6-7H2,1H3,(H,19,20). The maximum atomic E-state index is 12.9. The van der Waals surface area contributed by atoms with Gasteiger partial charge in [0, 0.05) is 19.2 Å². The number of ether oxygens (including phenoxy) is 2. The van der Waals surface area contributed by atoms with Gasteiger partial charge in [0.15, 0.2) is 6.10 Å². The van der Waals surface area contributed by atoms with Gasteiger partial charge in [-0.1, -0.05) is 0 Å². The average molecular weight is 311 g/mol. The lowest BCUT2D eigenvalue weighted by Gasteiger charge is -2.34. The number of carbonyl (C=O) groups excluding carboxylic acids is 2. The lowest BCUT2D eigenvalue weighted by molar-refractivity contribution is -0.177. The largest absolute Gasteiger partial charge is 0.478 e. The van der Waals surface area contributed by atoms with Gasteiger partial charge in [-0.25, -0.2) is 9.18 Å². The highest BCUT2D eigenvalue weighted by atomic mass is 19.1. The van der Waals surface area contributed by atoms with E-state index >= 15 is 0 Å². The van der Waals surface area contributed by atoms with Crippen molar-refractivity contribution in [2.24, 2.45) is 0 Å². The van der Waals surface area contributed by atoms with E-state index in [1.54, 1.807) is 0 Å². The van der Waals surface area contributed by atoms with Crippen molar-refractivity contribution >= 4 is 23.5 Å². The van der Waals surface area contributed by atoms with Crippen molar-refractivity contribution in [1.82, 2.24) is 0 Å². The summed E-state index contributed by atoms with van der Waals surface area (Å²) in [5.74, 6) is -3.42. The van der Waals surface area contributed by atoms with Crippen LogP contribution in [0.2, 0.25) is 0 Å². The Hall–Kier alpha value is -2.48. The zero-order chi connectivity index (χ0) is 16.3. The van der Waals surface area contributed by atoms with Crippen molar-refractivity contribution in [3.05, 3.63) is 30.1 Å². The molecule has 0 bridgehead atoms. The predicted octanol–water partition coefficient (Wildman–Crippen LogP) is 0.574. The number of hydrogen-bond donors (Lipinski definition) is 1. The number of aliphatic carboxylic acids is 1. The highest BCUT2D eigenvalue weighted by molar-refractivity contribution is 6.00. The summed E-state index contributed by atoms with van der Waals surface area (Å²) < 4.78 is 22.8. The van der Waals surface area contributed by atoms with E-state index in [0.29, 0.717) is 5.69 Å². The smallest absolute Gasteiger partial charge is 0.348 e. The van der Waals surface area contributed by atoms with Gasteiger partial charge in [-0.3, -0.25) is 9.59 Å². The van der Waals surface area contributed by atoms with Crippen molar-refractivity contribution in [3.63, 3.8) is 0 Å². The Balaban J connectivity index is 2.23. The summed E-state index contributed by atoms with van der Waals surface area (Å²) in [7, 11) is 0. The minimum absolute atomic E-state index is 0.0683. The number of carbonyl (C=O) groups is 3. The minimum Gasteiger partial charge on any atom is -0.478 e. The summed E-state index contributed by atoms with van der Waals surface area (Å²) in [6.07, 6.45) is -3.17. The lowest BCUT2D eigenvalue weighted by atomic mass is 10.1. The Kier molecular flexibility index (Phi) is 4.71. The van der Waals surface area contributed by atoms with E-state index < -0.39 is 35.9 Å². The third kappa shape index (κ3) is 3.40. The second-order valence-corrected chi connectivity index (χ2v) is 4.63. The van der Waals surface area contributed by atoms with Crippen LogP contribution in [0, 0.1) is 5.82 Å². The Morgan fingerprint density at radius 1 is 1.41 bits per heavy atom. The Bertz CT molecular complexity index is 588. The molecule has 0 spiro atoms. The molecule has 0 saturated carbocycles. The molecule has 1 aromatic rings. The molecule has 2 rings (SSSR count). The summed E-state index contributed by atoms with van der Waals surface area (Å²) in [6.45, 7) is 1.30. The highest BCUT2D eigenvalue weighted by Crippen LogP contribution is 2.21. The molecule has 2 atom stereocenters. The van der Waals surface area contributed by atoms with Crippen molar-refractivity contribution in [1.29, 1.82) is 0 Å². The second kappa shape index (κ2) is 6.52. The molecule has 118 valence electrons. The number of anilines is 1. The molecule has 1 amide bonds. The zero-order valence-corrected chi connectivity index (χ0v) is 11.7. The van der Waals surface area contributed by atoms with Crippen molar-refractivity contribution in [2.75, 3.05) is 18.1 Å². The molecular formula is C14H14FNO6. The minimum atomic E-state index is -1.73. The van der Waals surface area contributed by atoms with E-state index in [1.807, 2.05) is 0 Å². The number of amides is 1. The summed E-state index contributed by atoms with van der Waals surface area (Å²) >= 11 is 0. The molecule has 1 aliphatic heterocycles. The SMILES string of the molecule is CC(=O)OC(C(=O)O)C1OCCN(c2ccc(F)cc2)C1=O. The molecule has 1 heterocycles. The summed E-state index contributed by atoms with van der Waals surface area (Å²) in [5.41, 5.74) is 0.409.